The lowest BCUT2D eigenvalue weighted by Gasteiger charge is -2.31. The predicted octanol–water partition coefficient (Wildman–Crippen LogP) is 4.72. The molecule has 1 aromatic heterocycles. The summed E-state index contributed by atoms with van der Waals surface area (Å²) in [4.78, 5) is 18.5. The number of amides is 1. The molecule has 26 heavy (non-hydrogen) atoms. The SMILES string of the molecule is CC1CCCN(C(=O)c2ccnc(Nc3ccccc3C(F)(F)F)c2)C1. The van der Waals surface area contributed by atoms with Crippen LogP contribution in [0.5, 0.6) is 0 Å². The number of carbonyl (C=O) groups excluding carboxylic acids is 1. The Balaban J connectivity index is 1.81. The van der Waals surface area contributed by atoms with E-state index < -0.39 is 11.7 Å². The Morgan fingerprint density at radius 3 is 2.77 bits per heavy atom. The summed E-state index contributed by atoms with van der Waals surface area (Å²) in [6, 6.07) is 8.27. The second-order valence-corrected chi connectivity index (χ2v) is 6.60. The molecule has 1 amide bonds. The number of para-hydroxylation sites is 1. The summed E-state index contributed by atoms with van der Waals surface area (Å²) in [5.74, 6) is 0.537. The van der Waals surface area contributed by atoms with Gasteiger partial charge < -0.3 is 10.2 Å². The van der Waals surface area contributed by atoms with Crippen molar-refractivity contribution in [2.75, 3.05) is 18.4 Å². The highest BCUT2D eigenvalue weighted by atomic mass is 19.4. The van der Waals surface area contributed by atoms with Gasteiger partial charge in [0.25, 0.3) is 5.91 Å². The van der Waals surface area contributed by atoms with Gasteiger partial charge in [0.05, 0.1) is 11.3 Å². The van der Waals surface area contributed by atoms with E-state index in [0.29, 0.717) is 24.6 Å². The number of hydrogen-bond donors (Lipinski definition) is 1. The molecule has 1 aromatic carbocycles. The third kappa shape index (κ3) is 4.15. The summed E-state index contributed by atoms with van der Waals surface area (Å²) >= 11 is 0. The molecule has 1 fully saturated rings. The first-order chi connectivity index (χ1) is 12.3. The molecule has 3 rings (SSSR count). The largest absolute Gasteiger partial charge is 0.418 e. The van der Waals surface area contributed by atoms with Crippen LogP contribution < -0.4 is 5.32 Å². The van der Waals surface area contributed by atoms with Crippen molar-refractivity contribution in [3.8, 4) is 0 Å². The van der Waals surface area contributed by atoms with Gasteiger partial charge in [0.15, 0.2) is 0 Å². The Morgan fingerprint density at radius 1 is 1.27 bits per heavy atom. The fourth-order valence-electron chi connectivity index (χ4n) is 3.17. The van der Waals surface area contributed by atoms with Gasteiger partial charge >= 0.3 is 6.18 Å². The predicted molar refractivity (Wildman–Crippen MR) is 93.3 cm³/mol. The van der Waals surface area contributed by atoms with Crippen molar-refractivity contribution in [2.45, 2.75) is 25.9 Å². The third-order valence-corrected chi connectivity index (χ3v) is 4.45. The van der Waals surface area contributed by atoms with E-state index in [1.54, 1.807) is 11.0 Å². The Kier molecular flexibility index (Phi) is 5.15. The first kappa shape index (κ1) is 18.2. The van der Waals surface area contributed by atoms with Crippen molar-refractivity contribution >= 4 is 17.4 Å². The van der Waals surface area contributed by atoms with Gasteiger partial charge in [-0.1, -0.05) is 19.1 Å². The standard InChI is InChI=1S/C19H20F3N3O/c1-13-5-4-10-25(12-13)18(26)14-8-9-23-17(11-14)24-16-7-3-2-6-15(16)19(20,21)22/h2-3,6-9,11,13H,4-5,10,12H2,1H3,(H,23,24). The number of likely N-dealkylation sites (tertiary alicyclic amines) is 1. The molecule has 0 saturated carbocycles. The Labute approximate surface area is 150 Å². The van der Waals surface area contributed by atoms with Crippen molar-refractivity contribution in [3.05, 3.63) is 53.7 Å². The van der Waals surface area contributed by atoms with Crippen LogP contribution in [0.3, 0.4) is 0 Å². The maximum Gasteiger partial charge on any atom is 0.418 e. The van der Waals surface area contributed by atoms with Crippen LogP contribution >= 0.6 is 0 Å². The third-order valence-electron chi connectivity index (χ3n) is 4.45. The molecule has 1 atom stereocenters. The van der Waals surface area contributed by atoms with Gasteiger partial charge in [-0.05, 0) is 43.0 Å². The topological polar surface area (TPSA) is 45.2 Å². The number of piperidine rings is 1. The molecule has 1 saturated heterocycles. The second kappa shape index (κ2) is 7.35. The van der Waals surface area contributed by atoms with Gasteiger partial charge in [-0.25, -0.2) is 4.98 Å². The minimum Gasteiger partial charge on any atom is -0.340 e. The number of hydrogen-bond acceptors (Lipinski definition) is 3. The Bertz CT molecular complexity index is 792. The van der Waals surface area contributed by atoms with Crippen molar-refractivity contribution in [1.29, 1.82) is 0 Å². The van der Waals surface area contributed by atoms with E-state index in [1.165, 1.54) is 30.5 Å². The van der Waals surface area contributed by atoms with Crippen LogP contribution in [0.25, 0.3) is 0 Å². The van der Waals surface area contributed by atoms with Crippen LogP contribution in [0.4, 0.5) is 24.7 Å². The summed E-state index contributed by atoms with van der Waals surface area (Å²) in [6.45, 7) is 3.50. The first-order valence-corrected chi connectivity index (χ1v) is 8.53. The Hall–Kier alpha value is -2.57. The molecular formula is C19H20F3N3O. The molecule has 4 nitrogen and oxygen atoms in total. The van der Waals surface area contributed by atoms with E-state index in [-0.39, 0.29) is 17.4 Å². The first-order valence-electron chi connectivity index (χ1n) is 8.53. The fourth-order valence-corrected chi connectivity index (χ4v) is 3.17. The molecule has 1 aliphatic heterocycles. The molecule has 0 spiro atoms. The van der Waals surface area contributed by atoms with Crippen LogP contribution in [0.15, 0.2) is 42.6 Å². The molecule has 138 valence electrons. The van der Waals surface area contributed by atoms with Gasteiger partial charge in [-0.15, -0.1) is 0 Å². The van der Waals surface area contributed by atoms with E-state index in [4.69, 9.17) is 0 Å². The van der Waals surface area contributed by atoms with Gasteiger partial charge in [0.2, 0.25) is 0 Å². The number of anilines is 2. The zero-order chi connectivity index (χ0) is 18.7. The molecule has 1 N–H and O–H groups in total. The van der Waals surface area contributed by atoms with Crippen LogP contribution in [0.1, 0.15) is 35.7 Å². The lowest BCUT2D eigenvalue weighted by atomic mass is 9.99. The van der Waals surface area contributed by atoms with Crippen LogP contribution in [0, 0.1) is 5.92 Å². The lowest BCUT2D eigenvalue weighted by Crippen LogP contribution is -2.39. The minimum atomic E-state index is -4.47. The summed E-state index contributed by atoms with van der Waals surface area (Å²) < 4.78 is 39.4. The maximum atomic E-state index is 13.1. The maximum absolute atomic E-state index is 13.1. The smallest absolute Gasteiger partial charge is 0.340 e. The van der Waals surface area contributed by atoms with Crippen molar-refractivity contribution in [3.63, 3.8) is 0 Å². The minimum absolute atomic E-state index is 0.0938. The summed E-state index contributed by atoms with van der Waals surface area (Å²) in [5.41, 5.74) is -0.451. The van der Waals surface area contributed by atoms with E-state index in [0.717, 1.165) is 18.9 Å². The van der Waals surface area contributed by atoms with Gasteiger partial charge in [-0.3, -0.25) is 4.79 Å². The number of carbonyl (C=O) groups is 1. The normalized spacial score (nSPS) is 17.8. The number of rotatable bonds is 3. The van der Waals surface area contributed by atoms with Crippen molar-refractivity contribution in [2.24, 2.45) is 5.92 Å². The molecular weight excluding hydrogens is 343 g/mol. The molecule has 2 heterocycles. The van der Waals surface area contributed by atoms with Gasteiger partial charge in [0, 0.05) is 24.8 Å². The van der Waals surface area contributed by atoms with Crippen molar-refractivity contribution in [1.82, 2.24) is 9.88 Å². The van der Waals surface area contributed by atoms with Gasteiger partial charge in [-0.2, -0.15) is 13.2 Å². The van der Waals surface area contributed by atoms with E-state index in [1.807, 2.05) is 0 Å². The number of nitrogens with one attached hydrogen (secondary N) is 1. The number of benzene rings is 1. The lowest BCUT2D eigenvalue weighted by molar-refractivity contribution is -0.136. The molecule has 0 aliphatic carbocycles. The highest BCUT2D eigenvalue weighted by Gasteiger charge is 2.33. The van der Waals surface area contributed by atoms with E-state index >= 15 is 0 Å². The molecule has 0 bridgehead atoms. The monoisotopic (exact) mass is 363 g/mol. The fraction of sp³-hybridized carbons (Fsp3) is 0.368. The van der Waals surface area contributed by atoms with Crippen LogP contribution in [0.2, 0.25) is 0 Å². The second-order valence-electron chi connectivity index (χ2n) is 6.60. The quantitative estimate of drug-likeness (QED) is 0.859. The molecule has 2 aromatic rings. The van der Waals surface area contributed by atoms with Crippen molar-refractivity contribution < 1.29 is 18.0 Å². The van der Waals surface area contributed by atoms with Crippen LogP contribution in [-0.2, 0) is 6.18 Å². The summed E-state index contributed by atoms with van der Waals surface area (Å²) in [5, 5.41) is 2.68. The average Bonchev–Trinajstić information content (AvgIpc) is 2.61. The number of halogens is 3. The average molecular weight is 363 g/mol. The highest BCUT2D eigenvalue weighted by molar-refractivity contribution is 5.95. The number of pyridine rings is 1. The molecule has 0 radical (unpaired) electrons. The molecule has 1 aliphatic rings. The summed E-state index contributed by atoms with van der Waals surface area (Å²) in [7, 11) is 0. The van der Waals surface area contributed by atoms with E-state index in [9.17, 15) is 18.0 Å². The van der Waals surface area contributed by atoms with E-state index in [2.05, 4.69) is 17.2 Å². The number of alkyl halides is 3. The Morgan fingerprint density at radius 2 is 2.04 bits per heavy atom. The molecule has 1 unspecified atom stereocenters. The zero-order valence-electron chi connectivity index (χ0n) is 14.4. The summed E-state index contributed by atoms with van der Waals surface area (Å²) in [6.07, 6.45) is -0.983. The van der Waals surface area contributed by atoms with Gasteiger partial charge in [0.1, 0.15) is 5.82 Å². The highest BCUT2D eigenvalue weighted by Crippen LogP contribution is 2.35. The number of aromatic nitrogens is 1. The molecule has 7 heteroatoms. The zero-order valence-corrected chi connectivity index (χ0v) is 14.4. The van der Waals surface area contributed by atoms with Crippen LogP contribution in [-0.4, -0.2) is 28.9 Å². The number of nitrogens with zero attached hydrogens (tertiary/aromatic N) is 2.